The SMILES string of the molecule is CNC(=O)c1c(-c2ccc(F)cc2)oc2cc(NS(=O)(=O)Cc3ccc(Br)cc3F)c(C3CC3)cc12. The molecule has 1 fully saturated rings. The fraction of sp³-hybridized carbons (Fsp3) is 0.192. The zero-order valence-corrected chi connectivity index (χ0v) is 21.5. The molecule has 0 aliphatic heterocycles. The predicted molar refractivity (Wildman–Crippen MR) is 137 cm³/mol. The van der Waals surface area contributed by atoms with E-state index in [0.29, 0.717) is 26.7 Å². The molecule has 5 rings (SSSR count). The summed E-state index contributed by atoms with van der Waals surface area (Å²) in [6, 6.07) is 13.1. The van der Waals surface area contributed by atoms with E-state index in [0.717, 1.165) is 18.4 Å². The summed E-state index contributed by atoms with van der Waals surface area (Å²) in [6.45, 7) is 0. The van der Waals surface area contributed by atoms with Gasteiger partial charge in [0.15, 0.2) is 0 Å². The number of benzene rings is 3. The van der Waals surface area contributed by atoms with Gasteiger partial charge in [-0.1, -0.05) is 22.0 Å². The molecular formula is C26H21BrF2N2O4S. The monoisotopic (exact) mass is 574 g/mol. The van der Waals surface area contributed by atoms with Crippen LogP contribution in [-0.2, 0) is 15.8 Å². The number of amides is 1. The van der Waals surface area contributed by atoms with Crippen molar-refractivity contribution in [1.29, 1.82) is 0 Å². The standard InChI is InChI=1S/C26H21BrF2N2O4S/c1-30-26(32)24-20-11-19(14-2-3-14)22(12-23(20)35-25(24)15-5-8-18(28)9-6-15)31-36(33,34)13-16-4-7-17(27)10-21(16)29/h4-12,14,31H,2-3,13H2,1H3,(H,30,32). The van der Waals surface area contributed by atoms with E-state index >= 15 is 0 Å². The van der Waals surface area contributed by atoms with Gasteiger partial charge in [0.2, 0.25) is 10.0 Å². The second-order valence-corrected chi connectivity index (χ2v) is 11.3. The Hall–Kier alpha value is -3.24. The first-order valence-corrected chi connectivity index (χ1v) is 13.6. The lowest BCUT2D eigenvalue weighted by atomic mass is 10.0. The van der Waals surface area contributed by atoms with E-state index in [2.05, 4.69) is 26.0 Å². The smallest absolute Gasteiger partial charge is 0.255 e. The molecule has 36 heavy (non-hydrogen) atoms. The lowest BCUT2D eigenvalue weighted by Crippen LogP contribution is -2.18. The largest absolute Gasteiger partial charge is 0.455 e. The van der Waals surface area contributed by atoms with Crippen LogP contribution in [0.4, 0.5) is 14.5 Å². The summed E-state index contributed by atoms with van der Waals surface area (Å²) in [5, 5.41) is 3.14. The van der Waals surface area contributed by atoms with Gasteiger partial charge in [-0.05, 0) is 66.8 Å². The summed E-state index contributed by atoms with van der Waals surface area (Å²) < 4.78 is 62.9. The van der Waals surface area contributed by atoms with Crippen LogP contribution in [0.5, 0.6) is 0 Å². The average molecular weight is 575 g/mol. The van der Waals surface area contributed by atoms with Gasteiger partial charge in [-0.3, -0.25) is 9.52 Å². The van der Waals surface area contributed by atoms with Crippen molar-refractivity contribution >= 4 is 48.5 Å². The molecule has 0 unspecified atom stereocenters. The number of hydrogen-bond donors (Lipinski definition) is 2. The van der Waals surface area contributed by atoms with Gasteiger partial charge in [-0.25, -0.2) is 17.2 Å². The first-order valence-electron chi connectivity index (χ1n) is 11.2. The van der Waals surface area contributed by atoms with Crippen molar-refractivity contribution < 1.29 is 26.4 Å². The lowest BCUT2D eigenvalue weighted by Gasteiger charge is -2.13. The summed E-state index contributed by atoms with van der Waals surface area (Å²) in [6.07, 6.45) is 1.75. The molecule has 1 amide bonds. The number of carbonyl (C=O) groups excluding carboxylic acids is 1. The Balaban J connectivity index is 1.60. The molecule has 1 aromatic heterocycles. The quantitative estimate of drug-likeness (QED) is 0.270. The Labute approximate surface area is 214 Å². The lowest BCUT2D eigenvalue weighted by molar-refractivity contribution is 0.0964. The fourth-order valence-electron chi connectivity index (χ4n) is 4.18. The number of furan rings is 1. The van der Waals surface area contributed by atoms with E-state index in [1.165, 1.54) is 43.4 Å². The molecule has 3 aromatic carbocycles. The molecule has 0 bridgehead atoms. The minimum absolute atomic E-state index is 0.0400. The van der Waals surface area contributed by atoms with Gasteiger partial charge in [0, 0.05) is 34.1 Å². The van der Waals surface area contributed by atoms with Gasteiger partial charge in [-0.15, -0.1) is 0 Å². The number of hydrogen-bond acceptors (Lipinski definition) is 4. The van der Waals surface area contributed by atoms with Gasteiger partial charge in [0.25, 0.3) is 5.91 Å². The number of anilines is 1. The van der Waals surface area contributed by atoms with Gasteiger partial charge < -0.3 is 9.73 Å². The molecule has 4 aromatic rings. The zero-order valence-electron chi connectivity index (χ0n) is 19.1. The van der Waals surface area contributed by atoms with Gasteiger partial charge in [0.05, 0.1) is 17.0 Å². The third-order valence-electron chi connectivity index (χ3n) is 6.06. The maximum absolute atomic E-state index is 14.3. The first kappa shape index (κ1) is 24.5. The van der Waals surface area contributed by atoms with Crippen LogP contribution < -0.4 is 10.0 Å². The Morgan fingerprint density at radius 2 is 1.81 bits per heavy atom. The highest BCUT2D eigenvalue weighted by Gasteiger charge is 2.31. The Morgan fingerprint density at radius 3 is 2.44 bits per heavy atom. The molecule has 0 saturated heterocycles. The Kier molecular flexibility index (Phi) is 6.34. The molecule has 1 aliphatic carbocycles. The second-order valence-electron chi connectivity index (χ2n) is 8.70. The van der Waals surface area contributed by atoms with Crippen LogP contribution >= 0.6 is 15.9 Å². The third-order valence-corrected chi connectivity index (χ3v) is 7.78. The third kappa shape index (κ3) is 4.87. The van der Waals surface area contributed by atoms with Crippen molar-refractivity contribution in [3.63, 3.8) is 0 Å². The number of halogens is 3. The zero-order chi connectivity index (χ0) is 25.6. The molecule has 6 nitrogen and oxygen atoms in total. The number of carbonyl (C=O) groups is 1. The second kappa shape index (κ2) is 9.33. The van der Waals surface area contributed by atoms with Crippen LogP contribution in [0.1, 0.15) is 40.2 Å². The van der Waals surface area contributed by atoms with E-state index in [9.17, 15) is 22.0 Å². The highest BCUT2D eigenvalue weighted by atomic mass is 79.9. The average Bonchev–Trinajstić information content (AvgIpc) is 3.61. The first-order chi connectivity index (χ1) is 17.1. The van der Waals surface area contributed by atoms with Crippen molar-refractivity contribution in [2.75, 3.05) is 11.8 Å². The van der Waals surface area contributed by atoms with Crippen molar-refractivity contribution in [3.8, 4) is 11.3 Å². The minimum atomic E-state index is -3.97. The van der Waals surface area contributed by atoms with Crippen molar-refractivity contribution in [1.82, 2.24) is 5.32 Å². The number of rotatable bonds is 7. The van der Waals surface area contributed by atoms with Crippen LogP contribution in [0.15, 0.2) is 63.5 Å². The normalized spacial score (nSPS) is 13.7. The van der Waals surface area contributed by atoms with E-state index in [1.54, 1.807) is 18.2 Å². The fourth-order valence-corrected chi connectivity index (χ4v) is 5.74. The molecule has 10 heteroatoms. The maximum atomic E-state index is 14.3. The molecule has 1 heterocycles. The van der Waals surface area contributed by atoms with Crippen LogP contribution in [0, 0.1) is 11.6 Å². The predicted octanol–water partition coefficient (Wildman–Crippen LogP) is 6.32. The highest BCUT2D eigenvalue weighted by molar-refractivity contribution is 9.10. The summed E-state index contributed by atoms with van der Waals surface area (Å²) in [5.41, 5.74) is 2.19. The van der Waals surface area contributed by atoms with Gasteiger partial charge >= 0.3 is 0 Å². The summed E-state index contributed by atoms with van der Waals surface area (Å²) >= 11 is 3.17. The minimum Gasteiger partial charge on any atom is -0.455 e. The van der Waals surface area contributed by atoms with E-state index in [4.69, 9.17) is 4.42 Å². The number of nitrogens with one attached hydrogen (secondary N) is 2. The number of sulfonamides is 1. The van der Waals surface area contributed by atoms with E-state index in [-0.39, 0.29) is 28.7 Å². The Bertz CT molecular complexity index is 1600. The molecule has 0 atom stereocenters. The molecule has 1 saturated carbocycles. The summed E-state index contributed by atoms with van der Waals surface area (Å²) in [5.74, 6) is -1.60. The van der Waals surface area contributed by atoms with Crippen molar-refractivity contribution in [2.24, 2.45) is 0 Å². The molecule has 0 radical (unpaired) electrons. The van der Waals surface area contributed by atoms with E-state index < -0.39 is 27.4 Å². The number of fused-ring (bicyclic) bond motifs is 1. The molecular weight excluding hydrogens is 554 g/mol. The van der Waals surface area contributed by atoms with Gasteiger partial charge in [-0.2, -0.15) is 0 Å². The van der Waals surface area contributed by atoms with Crippen molar-refractivity contribution in [2.45, 2.75) is 24.5 Å². The molecule has 0 spiro atoms. The van der Waals surface area contributed by atoms with Crippen LogP contribution in [0.2, 0.25) is 0 Å². The molecule has 2 N–H and O–H groups in total. The van der Waals surface area contributed by atoms with Crippen molar-refractivity contribution in [3.05, 3.63) is 87.4 Å². The molecule has 1 aliphatic rings. The molecule has 186 valence electrons. The van der Waals surface area contributed by atoms with E-state index in [1.807, 2.05) is 0 Å². The summed E-state index contributed by atoms with van der Waals surface area (Å²) in [4.78, 5) is 12.8. The van der Waals surface area contributed by atoms with Crippen LogP contribution in [0.25, 0.3) is 22.3 Å². The van der Waals surface area contributed by atoms with Crippen LogP contribution in [-0.4, -0.2) is 21.4 Å². The van der Waals surface area contributed by atoms with Crippen LogP contribution in [0.3, 0.4) is 0 Å². The Morgan fingerprint density at radius 1 is 1.08 bits per heavy atom. The topological polar surface area (TPSA) is 88.4 Å². The maximum Gasteiger partial charge on any atom is 0.255 e. The highest BCUT2D eigenvalue weighted by Crippen LogP contribution is 2.47. The summed E-state index contributed by atoms with van der Waals surface area (Å²) in [7, 11) is -2.47. The van der Waals surface area contributed by atoms with Gasteiger partial charge in [0.1, 0.15) is 23.0 Å².